The van der Waals surface area contributed by atoms with Gasteiger partial charge in [0.1, 0.15) is 0 Å². The van der Waals surface area contributed by atoms with E-state index >= 15 is 0 Å². The molecule has 0 aromatic carbocycles. The Bertz CT molecular complexity index is 164. The van der Waals surface area contributed by atoms with Gasteiger partial charge in [-0.1, -0.05) is 0 Å². The molecule has 0 aromatic rings. The third-order valence-electron chi connectivity index (χ3n) is 1.66. The maximum absolute atomic E-state index is 11.0. The highest BCUT2D eigenvalue weighted by Gasteiger charge is 2.26. The number of ether oxygens (including phenoxy) is 1. The Morgan fingerprint density at radius 2 is 2.25 bits per heavy atom. The van der Waals surface area contributed by atoms with E-state index in [0.29, 0.717) is 19.6 Å². The molecule has 12 heavy (non-hydrogen) atoms. The second-order valence-corrected chi connectivity index (χ2v) is 3.39. The second kappa shape index (κ2) is 3.87. The molecule has 70 valence electrons. The number of aliphatic hydroxyl groups is 1. The first kappa shape index (κ1) is 9.48. The summed E-state index contributed by atoms with van der Waals surface area (Å²) in [5.74, 6) is -0.211. The summed E-state index contributed by atoms with van der Waals surface area (Å²) < 4.78 is 4.93. The van der Waals surface area contributed by atoms with Crippen LogP contribution in [0.15, 0.2) is 0 Å². The number of β-amino-alcohol motifs (C(OH)–C–C–N with tert-alkyl or cyclic N) is 1. The zero-order valence-corrected chi connectivity index (χ0v) is 7.49. The third-order valence-corrected chi connectivity index (χ3v) is 1.66. The van der Waals surface area contributed by atoms with Gasteiger partial charge in [-0.25, -0.2) is 0 Å². The minimum atomic E-state index is -0.253. The summed E-state index contributed by atoms with van der Waals surface area (Å²) in [7, 11) is 0. The van der Waals surface area contributed by atoms with Gasteiger partial charge in [-0.2, -0.15) is 0 Å². The Hall–Kier alpha value is -0.610. The molecule has 0 atom stereocenters. The molecular formula is C8H15NO3. The predicted molar refractivity (Wildman–Crippen MR) is 43.7 cm³/mol. The van der Waals surface area contributed by atoms with Crippen molar-refractivity contribution in [1.29, 1.82) is 0 Å². The van der Waals surface area contributed by atoms with E-state index in [4.69, 9.17) is 9.84 Å². The van der Waals surface area contributed by atoms with Crippen molar-refractivity contribution in [2.45, 2.75) is 26.1 Å². The van der Waals surface area contributed by atoms with Crippen molar-refractivity contribution in [1.82, 2.24) is 4.90 Å². The molecule has 0 radical (unpaired) electrons. The number of hydrogen-bond donors (Lipinski definition) is 1. The Morgan fingerprint density at radius 3 is 2.67 bits per heavy atom. The van der Waals surface area contributed by atoms with Crippen LogP contribution in [0.5, 0.6) is 0 Å². The van der Waals surface area contributed by atoms with Crippen LogP contribution in [0, 0.1) is 0 Å². The predicted octanol–water partition coefficient (Wildman–Crippen LogP) is -0.385. The maximum atomic E-state index is 11.0. The summed E-state index contributed by atoms with van der Waals surface area (Å²) in [6.45, 7) is 5.13. The molecular weight excluding hydrogens is 158 g/mol. The summed E-state index contributed by atoms with van der Waals surface area (Å²) in [5.41, 5.74) is 0. The minimum Gasteiger partial charge on any atom is -0.462 e. The second-order valence-electron chi connectivity index (χ2n) is 3.39. The molecule has 4 heteroatoms. The highest BCUT2D eigenvalue weighted by molar-refractivity contribution is 5.71. The first-order valence-corrected chi connectivity index (χ1v) is 4.18. The van der Waals surface area contributed by atoms with E-state index in [-0.39, 0.29) is 18.2 Å². The molecule has 4 nitrogen and oxygen atoms in total. The van der Waals surface area contributed by atoms with Crippen LogP contribution in [0.25, 0.3) is 0 Å². The van der Waals surface area contributed by atoms with Gasteiger partial charge in [0.25, 0.3) is 0 Å². The molecule has 1 rings (SSSR count). The van der Waals surface area contributed by atoms with Crippen molar-refractivity contribution < 1.29 is 14.6 Å². The smallest absolute Gasteiger partial charge is 0.320 e. The number of likely N-dealkylation sites (tertiary alicyclic amines) is 1. The van der Waals surface area contributed by atoms with Gasteiger partial charge in [0.2, 0.25) is 0 Å². The summed E-state index contributed by atoms with van der Waals surface area (Å²) >= 11 is 0. The highest BCUT2D eigenvalue weighted by Crippen LogP contribution is 2.06. The Balaban J connectivity index is 2.11. The molecule has 0 spiro atoms. The first-order valence-electron chi connectivity index (χ1n) is 4.18. The van der Waals surface area contributed by atoms with Crippen molar-refractivity contribution >= 4 is 5.97 Å². The summed E-state index contributed by atoms with van der Waals surface area (Å²) in [5, 5.41) is 8.92. The maximum Gasteiger partial charge on any atom is 0.320 e. The van der Waals surface area contributed by atoms with Crippen LogP contribution in [-0.4, -0.2) is 47.8 Å². The monoisotopic (exact) mass is 173 g/mol. The minimum absolute atomic E-state index is 0.0521. The van der Waals surface area contributed by atoms with Crippen LogP contribution in [0.2, 0.25) is 0 Å². The Kier molecular flexibility index (Phi) is 3.05. The van der Waals surface area contributed by atoms with Crippen molar-refractivity contribution in [3.8, 4) is 0 Å². The molecule has 0 amide bonds. The van der Waals surface area contributed by atoms with Crippen molar-refractivity contribution in [2.24, 2.45) is 0 Å². The van der Waals surface area contributed by atoms with Gasteiger partial charge in [-0.05, 0) is 13.8 Å². The molecule has 0 saturated carbocycles. The number of esters is 1. The van der Waals surface area contributed by atoms with E-state index in [0.717, 1.165) is 0 Å². The number of rotatable bonds is 3. The first-order chi connectivity index (χ1) is 5.58. The van der Waals surface area contributed by atoms with E-state index in [1.165, 1.54) is 0 Å². The molecule has 1 aliphatic heterocycles. The highest BCUT2D eigenvalue weighted by atomic mass is 16.5. The van der Waals surface area contributed by atoms with Crippen molar-refractivity contribution in [3.63, 3.8) is 0 Å². The van der Waals surface area contributed by atoms with Crippen molar-refractivity contribution in [3.05, 3.63) is 0 Å². The average Bonchev–Trinajstić information content (AvgIpc) is 1.82. The molecule has 1 aliphatic rings. The fraction of sp³-hybridized carbons (Fsp3) is 0.875. The third kappa shape index (κ3) is 2.79. The number of aliphatic hydroxyl groups excluding tert-OH is 1. The van der Waals surface area contributed by atoms with Crippen molar-refractivity contribution in [2.75, 3.05) is 19.6 Å². The lowest BCUT2D eigenvalue weighted by molar-refractivity contribution is -0.151. The molecule has 1 heterocycles. The lowest BCUT2D eigenvalue weighted by Gasteiger charge is -2.34. The zero-order valence-electron chi connectivity index (χ0n) is 7.49. The Labute approximate surface area is 72.1 Å². The van der Waals surface area contributed by atoms with E-state index < -0.39 is 0 Å². The molecule has 1 saturated heterocycles. The Morgan fingerprint density at radius 1 is 1.67 bits per heavy atom. The van der Waals surface area contributed by atoms with Gasteiger partial charge in [0, 0.05) is 13.1 Å². The van der Waals surface area contributed by atoms with Gasteiger partial charge in [-0.15, -0.1) is 0 Å². The number of carbonyl (C=O) groups excluding carboxylic acids is 1. The van der Waals surface area contributed by atoms with Crippen LogP contribution >= 0.6 is 0 Å². The SMILES string of the molecule is CC(C)OC(=O)CN1CC(O)C1. The van der Waals surface area contributed by atoms with Gasteiger partial charge >= 0.3 is 5.97 Å². The normalized spacial score (nSPS) is 19.3. The molecule has 0 bridgehead atoms. The topological polar surface area (TPSA) is 49.8 Å². The fourth-order valence-electron chi connectivity index (χ4n) is 1.15. The number of nitrogens with zero attached hydrogens (tertiary/aromatic N) is 1. The molecule has 1 fully saturated rings. The standard InChI is InChI=1S/C8H15NO3/c1-6(2)12-8(11)5-9-3-7(10)4-9/h6-7,10H,3-5H2,1-2H3. The van der Waals surface area contributed by atoms with Gasteiger partial charge < -0.3 is 9.84 Å². The summed E-state index contributed by atoms with van der Waals surface area (Å²) in [6, 6.07) is 0. The van der Waals surface area contributed by atoms with Crippen LogP contribution < -0.4 is 0 Å². The average molecular weight is 173 g/mol. The molecule has 0 aromatic heterocycles. The largest absolute Gasteiger partial charge is 0.462 e. The molecule has 0 unspecified atom stereocenters. The summed E-state index contributed by atoms with van der Waals surface area (Å²) in [6.07, 6.45) is -0.305. The van der Waals surface area contributed by atoms with Gasteiger partial charge in [0.05, 0.1) is 18.8 Å². The van der Waals surface area contributed by atoms with E-state index in [1.54, 1.807) is 0 Å². The summed E-state index contributed by atoms with van der Waals surface area (Å²) in [4.78, 5) is 12.9. The zero-order chi connectivity index (χ0) is 9.14. The van der Waals surface area contributed by atoms with E-state index in [1.807, 2.05) is 18.7 Å². The number of carbonyl (C=O) groups is 1. The van der Waals surface area contributed by atoms with E-state index in [2.05, 4.69) is 0 Å². The lowest BCUT2D eigenvalue weighted by Crippen LogP contribution is -2.52. The molecule has 1 N–H and O–H groups in total. The van der Waals surface area contributed by atoms with Crippen LogP contribution in [0.1, 0.15) is 13.8 Å². The number of hydrogen-bond acceptors (Lipinski definition) is 4. The van der Waals surface area contributed by atoms with Gasteiger partial charge in [-0.3, -0.25) is 9.69 Å². The van der Waals surface area contributed by atoms with Crippen LogP contribution in [-0.2, 0) is 9.53 Å². The van der Waals surface area contributed by atoms with Crippen LogP contribution in [0.4, 0.5) is 0 Å². The fourth-order valence-corrected chi connectivity index (χ4v) is 1.15. The van der Waals surface area contributed by atoms with E-state index in [9.17, 15) is 4.79 Å². The molecule has 0 aliphatic carbocycles. The van der Waals surface area contributed by atoms with Crippen LogP contribution in [0.3, 0.4) is 0 Å². The lowest BCUT2D eigenvalue weighted by atomic mass is 10.2. The quantitative estimate of drug-likeness (QED) is 0.591. The van der Waals surface area contributed by atoms with Gasteiger partial charge in [0.15, 0.2) is 0 Å².